The maximum atomic E-state index is 14.1. The Bertz CT molecular complexity index is 1370. The first-order valence-electron chi connectivity index (χ1n) is 11.1. The summed E-state index contributed by atoms with van der Waals surface area (Å²) in [6.45, 7) is -0.555. The maximum Gasteiger partial charge on any atom is 0.337 e. The Balaban J connectivity index is 1.50. The Morgan fingerprint density at radius 2 is 2.00 bits per heavy atom. The van der Waals surface area contributed by atoms with E-state index in [1.54, 1.807) is 12.1 Å². The van der Waals surface area contributed by atoms with Gasteiger partial charge in [0.1, 0.15) is 12.4 Å². The molecule has 1 aliphatic rings. The van der Waals surface area contributed by atoms with Gasteiger partial charge in [0.05, 0.1) is 29.8 Å². The van der Waals surface area contributed by atoms with Gasteiger partial charge in [-0.15, -0.1) is 0 Å². The molecule has 3 N–H and O–H groups in total. The van der Waals surface area contributed by atoms with Crippen molar-refractivity contribution in [3.63, 3.8) is 0 Å². The van der Waals surface area contributed by atoms with Gasteiger partial charge >= 0.3 is 5.97 Å². The van der Waals surface area contributed by atoms with Crippen molar-refractivity contribution < 1.29 is 28.3 Å². The third kappa shape index (κ3) is 5.30. The lowest BCUT2D eigenvalue weighted by Gasteiger charge is -2.22. The smallest absolute Gasteiger partial charge is 0.337 e. The zero-order chi connectivity index (χ0) is 26.0. The third-order valence-electron chi connectivity index (χ3n) is 5.82. The molecule has 1 fully saturated rings. The molecule has 1 saturated carbocycles. The molecule has 0 spiro atoms. The number of hydrogen-bond donors (Lipinski definition) is 2. The lowest BCUT2D eigenvalue weighted by atomic mass is 10.1. The van der Waals surface area contributed by atoms with E-state index < -0.39 is 23.6 Å². The van der Waals surface area contributed by atoms with Crippen LogP contribution in [0, 0.1) is 5.82 Å². The fourth-order valence-corrected chi connectivity index (χ4v) is 4.04. The molecule has 0 unspecified atom stereocenters. The van der Waals surface area contributed by atoms with Crippen molar-refractivity contribution in [3.05, 3.63) is 64.1 Å². The van der Waals surface area contributed by atoms with E-state index in [4.69, 9.17) is 22.1 Å². The predicted octanol–water partition coefficient (Wildman–Crippen LogP) is 2.02. The molecule has 3 aromatic rings. The molecule has 12 heteroatoms. The minimum absolute atomic E-state index is 0.0444. The fourth-order valence-electron chi connectivity index (χ4n) is 3.84. The van der Waals surface area contributed by atoms with Crippen molar-refractivity contribution in [2.75, 3.05) is 13.7 Å². The number of nitrogens with two attached hydrogens (primary N) is 1. The number of amides is 3. The Hall–Kier alpha value is -3.99. The minimum atomic E-state index is -0.820. The number of nitrogens with one attached hydrogen (secondary N) is 1. The summed E-state index contributed by atoms with van der Waals surface area (Å²) >= 11 is 5.78. The topological polar surface area (TPSA) is 137 Å². The molecule has 0 radical (unpaired) electrons. The number of esters is 1. The van der Waals surface area contributed by atoms with E-state index in [9.17, 15) is 23.6 Å². The average Bonchev–Trinajstić information content (AvgIpc) is 3.64. The van der Waals surface area contributed by atoms with Crippen LogP contribution in [0.1, 0.15) is 39.3 Å². The van der Waals surface area contributed by atoms with Gasteiger partial charge in [-0.3, -0.25) is 19.1 Å². The summed E-state index contributed by atoms with van der Waals surface area (Å²) in [5.74, 6) is -2.88. The van der Waals surface area contributed by atoms with Crippen LogP contribution in [0.5, 0.6) is 0 Å². The van der Waals surface area contributed by atoms with Crippen molar-refractivity contribution in [2.24, 2.45) is 5.73 Å². The van der Waals surface area contributed by atoms with Crippen molar-refractivity contribution in [2.45, 2.75) is 32.0 Å². The zero-order valence-electron chi connectivity index (χ0n) is 19.3. The van der Waals surface area contributed by atoms with Gasteiger partial charge < -0.3 is 20.7 Å². The summed E-state index contributed by atoms with van der Waals surface area (Å²) in [5.41, 5.74) is 6.21. The van der Waals surface area contributed by atoms with E-state index in [2.05, 4.69) is 10.4 Å². The largest absolute Gasteiger partial charge is 0.465 e. The van der Waals surface area contributed by atoms with Crippen LogP contribution in [-0.4, -0.2) is 58.1 Å². The average molecular weight is 516 g/mol. The Kier molecular flexibility index (Phi) is 7.20. The third-order valence-corrected chi connectivity index (χ3v) is 6.11. The second-order valence-electron chi connectivity index (χ2n) is 8.34. The maximum absolute atomic E-state index is 14.1. The highest BCUT2D eigenvalue weighted by Gasteiger charge is 2.34. The van der Waals surface area contributed by atoms with Crippen molar-refractivity contribution in [1.82, 2.24) is 20.0 Å². The van der Waals surface area contributed by atoms with E-state index in [-0.39, 0.29) is 53.4 Å². The van der Waals surface area contributed by atoms with Gasteiger partial charge in [-0.25, -0.2) is 9.18 Å². The Labute approximate surface area is 210 Å². The number of nitrogens with zero attached hydrogens (tertiary/aromatic N) is 3. The van der Waals surface area contributed by atoms with Crippen LogP contribution in [0.4, 0.5) is 4.39 Å². The number of rotatable bonds is 9. The lowest BCUT2D eigenvalue weighted by Crippen LogP contribution is -2.43. The summed E-state index contributed by atoms with van der Waals surface area (Å²) in [6.07, 6.45) is 1.49. The highest BCUT2D eigenvalue weighted by atomic mass is 35.5. The molecule has 0 aliphatic heterocycles. The zero-order valence-corrected chi connectivity index (χ0v) is 20.0. The van der Waals surface area contributed by atoms with Gasteiger partial charge in [0, 0.05) is 23.5 Å². The second-order valence-corrected chi connectivity index (χ2v) is 8.74. The normalized spacial score (nSPS) is 12.9. The SMILES string of the molecule is COC(=O)c1ccc2c(c1)c(C(N)=O)nn2CC(=O)N(CC(=O)NCc1cccc(Cl)c1F)C1CC1. The molecule has 2 aromatic carbocycles. The number of halogens is 2. The first-order valence-corrected chi connectivity index (χ1v) is 11.4. The van der Waals surface area contributed by atoms with Crippen molar-refractivity contribution in [3.8, 4) is 0 Å². The standard InChI is InChI=1S/C24H23ClFN5O5/c1-36-24(35)13-5-8-18-16(9-13)22(23(27)34)29-31(18)12-20(33)30(15-6-7-15)11-19(32)28-10-14-3-2-4-17(25)21(14)26/h2-5,8-9,15H,6-7,10-12H2,1H3,(H2,27,34)(H,28,32). The number of carbonyl (C=O) groups excluding carboxylic acids is 4. The van der Waals surface area contributed by atoms with Crippen LogP contribution in [-0.2, 0) is 27.4 Å². The summed E-state index contributed by atoms with van der Waals surface area (Å²) < 4.78 is 20.1. The minimum Gasteiger partial charge on any atom is -0.465 e. The molecule has 36 heavy (non-hydrogen) atoms. The van der Waals surface area contributed by atoms with Gasteiger partial charge in [-0.2, -0.15) is 5.10 Å². The summed E-state index contributed by atoms with van der Waals surface area (Å²) in [6, 6.07) is 8.86. The first kappa shape index (κ1) is 25.1. The van der Waals surface area contributed by atoms with Crippen LogP contribution >= 0.6 is 11.6 Å². The van der Waals surface area contributed by atoms with Crippen LogP contribution < -0.4 is 11.1 Å². The van der Waals surface area contributed by atoms with Gasteiger partial charge in [-0.1, -0.05) is 23.7 Å². The first-order chi connectivity index (χ1) is 17.2. The summed E-state index contributed by atoms with van der Waals surface area (Å²) in [5, 5.41) is 7.05. The van der Waals surface area contributed by atoms with Crippen molar-refractivity contribution in [1.29, 1.82) is 0 Å². The number of hydrogen-bond acceptors (Lipinski definition) is 6. The molecule has 0 bridgehead atoms. The molecule has 1 aromatic heterocycles. The van der Waals surface area contributed by atoms with E-state index in [1.165, 1.54) is 41.0 Å². The molecule has 188 valence electrons. The van der Waals surface area contributed by atoms with E-state index in [0.717, 1.165) is 12.8 Å². The molecule has 0 saturated heterocycles. The monoisotopic (exact) mass is 515 g/mol. The highest BCUT2D eigenvalue weighted by molar-refractivity contribution is 6.30. The highest BCUT2D eigenvalue weighted by Crippen LogP contribution is 2.28. The number of carbonyl (C=O) groups is 4. The second kappa shape index (κ2) is 10.3. The number of ether oxygens (including phenoxy) is 1. The van der Waals surface area contributed by atoms with Gasteiger partial charge in [0.2, 0.25) is 11.8 Å². The number of benzene rings is 2. The lowest BCUT2D eigenvalue weighted by molar-refractivity contribution is -0.137. The predicted molar refractivity (Wildman–Crippen MR) is 128 cm³/mol. The fraction of sp³-hybridized carbons (Fsp3) is 0.292. The molecule has 4 rings (SSSR count). The molecule has 1 heterocycles. The number of primary amides is 1. The molecular formula is C24H23ClFN5O5. The number of fused-ring (bicyclic) bond motifs is 1. The van der Waals surface area contributed by atoms with Gasteiger partial charge in [0.25, 0.3) is 5.91 Å². The van der Waals surface area contributed by atoms with Gasteiger partial charge in [-0.05, 0) is 37.1 Å². The van der Waals surface area contributed by atoms with E-state index in [1.807, 2.05) is 0 Å². The van der Waals surface area contributed by atoms with E-state index >= 15 is 0 Å². The van der Waals surface area contributed by atoms with Gasteiger partial charge in [0.15, 0.2) is 5.69 Å². The number of aromatic nitrogens is 2. The van der Waals surface area contributed by atoms with Crippen LogP contribution in [0.25, 0.3) is 10.9 Å². The quantitative estimate of drug-likeness (QED) is 0.418. The van der Waals surface area contributed by atoms with Crippen LogP contribution in [0.3, 0.4) is 0 Å². The Morgan fingerprint density at radius 3 is 2.67 bits per heavy atom. The Morgan fingerprint density at radius 1 is 1.25 bits per heavy atom. The molecule has 0 atom stereocenters. The molecule has 10 nitrogen and oxygen atoms in total. The van der Waals surface area contributed by atoms with Crippen molar-refractivity contribution >= 4 is 46.2 Å². The molecule has 3 amide bonds. The van der Waals surface area contributed by atoms with Crippen LogP contribution in [0.15, 0.2) is 36.4 Å². The number of methoxy groups -OCH3 is 1. The summed E-state index contributed by atoms with van der Waals surface area (Å²) in [7, 11) is 1.23. The molecule has 1 aliphatic carbocycles. The van der Waals surface area contributed by atoms with E-state index in [0.29, 0.717) is 10.9 Å². The van der Waals surface area contributed by atoms with Crippen LogP contribution in [0.2, 0.25) is 5.02 Å². The molecular weight excluding hydrogens is 493 g/mol. The summed E-state index contributed by atoms with van der Waals surface area (Å²) in [4.78, 5) is 51.0.